The topological polar surface area (TPSA) is 77.2 Å². The molecule has 5 heteroatoms. The van der Waals surface area contributed by atoms with E-state index in [9.17, 15) is 4.79 Å². The summed E-state index contributed by atoms with van der Waals surface area (Å²) in [6.45, 7) is 0.197. The summed E-state index contributed by atoms with van der Waals surface area (Å²) in [7, 11) is 0. The van der Waals surface area contributed by atoms with Gasteiger partial charge in [-0.25, -0.2) is 0 Å². The SMILES string of the molecule is N[C@H]1COc2ccncc2NC1=O. The monoisotopic (exact) mass is 179 g/mol. The van der Waals surface area contributed by atoms with Gasteiger partial charge in [0.25, 0.3) is 0 Å². The van der Waals surface area contributed by atoms with Crippen LogP contribution in [0.5, 0.6) is 5.75 Å². The minimum atomic E-state index is -0.618. The van der Waals surface area contributed by atoms with Crippen LogP contribution in [0.25, 0.3) is 0 Å². The Morgan fingerprint density at radius 3 is 3.38 bits per heavy atom. The highest BCUT2D eigenvalue weighted by Gasteiger charge is 2.20. The quantitative estimate of drug-likeness (QED) is 0.575. The summed E-state index contributed by atoms with van der Waals surface area (Å²) in [6.07, 6.45) is 3.13. The Hall–Kier alpha value is -1.62. The van der Waals surface area contributed by atoms with Crippen molar-refractivity contribution in [2.24, 2.45) is 5.73 Å². The average Bonchev–Trinajstić information content (AvgIpc) is 2.28. The lowest BCUT2D eigenvalue weighted by Crippen LogP contribution is -2.38. The number of amides is 1. The second-order valence-electron chi connectivity index (χ2n) is 2.78. The Kier molecular flexibility index (Phi) is 1.86. The van der Waals surface area contributed by atoms with Gasteiger partial charge in [-0.1, -0.05) is 0 Å². The molecule has 0 saturated heterocycles. The van der Waals surface area contributed by atoms with Crippen LogP contribution in [0.1, 0.15) is 0 Å². The number of carbonyl (C=O) groups excluding carboxylic acids is 1. The number of nitrogens with one attached hydrogen (secondary N) is 1. The molecule has 0 bridgehead atoms. The summed E-state index contributed by atoms with van der Waals surface area (Å²) < 4.78 is 5.28. The molecule has 0 spiro atoms. The molecule has 0 fully saturated rings. The Balaban J connectivity index is 2.35. The van der Waals surface area contributed by atoms with Gasteiger partial charge in [-0.2, -0.15) is 0 Å². The van der Waals surface area contributed by atoms with E-state index in [1.165, 1.54) is 6.20 Å². The van der Waals surface area contributed by atoms with Gasteiger partial charge >= 0.3 is 0 Å². The van der Waals surface area contributed by atoms with Gasteiger partial charge in [-0.05, 0) is 0 Å². The Morgan fingerprint density at radius 2 is 2.54 bits per heavy atom. The van der Waals surface area contributed by atoms with Gasteiger partial charge in [-0.3, -0.25) is 9.78 Å². The third kappa shape index (κ3) is 1.46. The second kappa shape index (κ2) is 3.02. The number of hydrogen-bond acceptors (Lipinski definition) is 4. The summed E-state index contributed by atoms with van der Waals surface area (Å²) in [5.41, 5.74) is 6.07. The van der Waals surface area contributed by atoms with Gasteiger partial charge in [0, 0.05) is 12.3 Å². The molecule has 1 aliphatic heterocycles. The third-order valence-electron chi connectivity index (χ3n) is 1.79. The standard InChI is InChI=1S/C8H9N3O2/c9-5-4-13-7-1-2-10-3-6(7)11-8(5)12/h1-3,5H,4,9H2,(H,11,12)/t5-/m0/s1. The number of rotatable bonds is 0. The van der Waals surface area contributed by atoms with Crippen molar-refractivity contribution in [2.75, 3.05) is 11.9 Å². The maximum atomic E-state index is 11.2. The van der Waals surface area contributed by atoms with Crippen LogP contribution in [0, 0.1) is 0 Å². The fourth-order valence-electron chi connectivity index (χ4n) is 1.08. The smallest absolute Gasteiger partial charge is 0.244 e. The minimum absolute atomic E-state index is 0.197. The van der Waals surface area contributed by atoms with Crippen LogP contribution in [0.2, 0.25) is 0 Å². The fraction of sp³-hybridized carbons (Fsp3) is 0.250. The van der Waals surface area contributed by atoms with Crippen molar-refractivity contribution in [2.45, 2.75) is 6.04 Å². The Bertz CT molecular complexity index is 340. The zero-order chi connectivity index (χ0) is 9.26. The predicted octanol–water partition coefficient (Wildman–Crippen LogP) is -0.260. The first kappa shape index (κ1) is 8.00. The zero-order valence-corrected chi connectivity index (χ0v) is 6.86. The van der Waals surface area contributed by atoms with Gasteiger partial charge in [-0.15, -0.1) is 0 Å². The van der Waals surface area contributed by atoms with E-state index >= 15 is 0 Å². The van der Waals surface area contributed by atoms with E-state index in [0.29, 0.717) is 11.4 Å². The predicted molar refractivity (Wildman–Crippen MR) is 46.3 cm³/mol. The number of nitrogens with two attached hydrogens (primary N) is 1. The lowest BCUT2D eigenvalue weighted by Gasteiger charge is -2.04. The normalized spacial score (nSPS) is 21.0. The molecule has 13 heavy (non-hydrogen) atoms. The first-order valence-corrected chi connectivity index (χ1v) is 3.90. The number of aromatic nitrogens is 1. The molecule has 0 radical (unpaired) electrons. The molecule has 68 valence electrons. The number of nitrogens with zero attached hydrogens (tertiary/aromatic N) is 1. The minimum Gasteiger partial charge on any atom is -0.489 e. The van der Waals surface area contributed by atoms with Crippen LogP contribution >= 0.6 is 0 Å². The van der Waals surface area contributed by atoms with Crippen molar-refractivity contribution >= 4 is 11.6 Å². The third-order valence-corrected chi connectivity index (χ3v) is 1.79. The maximum Gasteiger partial charge on any atom is 0.244 e. The van der Waals surface area contributed by atoms with Gasteiger partial charge in [0.05, 0.1) is 6.20 Å². The summed E-state index contributed by atoms with van der Waals surface area (Å²) in [4.78, 5) is 15.1. The van der Waals surface area contributed by atoms with E-state index in [0.717, 1.165) is 0 Å². The summed E-state index contributed by atoms with van der Waals surface area (Å²) in [6, 6.07) is 1.07. The van der Waals surface area contributed by atoms with Crippen LogP contribution in [-0.4, -0.2) is 23.5 Å². The number of pyridine rings is 1. The number of carbonyl (C=O) groups is 1. The summed E-state index contributed by atoms with van der Waals surface area (Å²) in [5, 5.41) is 2.62. The van der Waals surface area contributed by atoms with E-state index < -0.39 is 6.04 Å². The molecular weight excluding hydrogens is 170 g/mol. The van der Waals surface area contributed by atoms with E-state index in [-0.39, 0.29) is 12.5 Å². The fourth-order valence-corrected chi connectivity index (χ4v) is 1.08. The molecule has 0 aliphatic carbocycles. The number of fused-ring (bicyclic) bond motifs is 1. The largest absolute Gasteiger partial charge is 0.489 e. The van der Waals surface area contributed by atoms with Crippen LogP contribution in [0.3, 0.4) is 0 Å². The first-order chi connectivity index (χ1) is 6.27. The van der Waals surface area contributed by atoms with Crippen molar-refractivity contribution in [3.05, 3.63) is 18.5 Å². The van der Waals surface area contributed by atoms with Crippen LogP contribution < -0.4 is 15.8 Å². The van der Waals surface area contributed by atoms with Gasteiger partial charge in [0.1, 0.15) is 24.1 Å². The summed E-state index contributed by atoms with van der Waals surface area (Å²) in [5.74, 6) is 0.364. The van der Waals surface area contributed by atoms with E-state index in [2.05, 4.69) is 10.3 Å². The number of hydrogen-bond donors (Lipinski definition) is 2. The molecule has 1 aromatic rings. The van der Waals surface area contributed by atoms with E-state index in [4.69, 9.17) is 10.5 Å². The highest BCUT2D eigenvalue weighted by Crippen LogP contribution is 2.24. The molecule has 1 atom stereocenters. The van der Waals surface area contributed by atoms with Crippen molar-refractivity contribution in [3.63, 3.8) is 0 Å². The molecule has 0 saturated carbocycles. The molecule has 0 aromatic carbocycles. The number of anilines is 1. The lowest BCUT2D eigenvalue weighted by molar-refractivity contribution is -0.117. The van der Waals surface area contributed by atoms with Crippen LogP contribution in [-0.2, 0) is 4.79 Å². The van der Waals surface area contributed by atoms with E-state index in [1.54, 1.807) is 12.3 Å². The lowest BCUT2D eigenvalue weighted by atomic mass is 10.3. The van der Waals surface area contributed by atoms with Crippen LogP contribution in [0.15, 0.2) is 18.5 Å². The molecule has 5 nitrogen and oxygen atoms in total. The van der Waals surface area contributed by atoms with Crippen molar-refractivity contribution in [1.29, 1.82) is 0 Å². The Morgan fingerprint density at radius 1 is 1.69 bits per heavy atom. The molecule has 0 unspecified atom stereocenters. The molecule has 1 aromatic heterocycles. The molecule has 2 heterocycles. The van der Waals surface area contributed by atoms with Crippen molar-refractivity contribution in [3.8, 4) is 5.75 Å². The van der Waals surface area contributed by atoms with Gasteiger partial charge in [0.15, 0.2) is 0 Å². The molecule has 2 rings (SSSR count). The van der Waals surface area contributed by atoms with Crippen LogP contribution in [0.4, 0.5) is 5.69 Å². The first-order valence-electron chi connectivity index (χ1n) is 3.90. The molecule has 1 amide bonds. The molecule has 3 N–H and O–H groups in total. The highest BCUT2D eigenvalue weighted by atomic mass is 16.5. The zero-order valence-electron chi connectivity index (χ0n) is 6.86. The number of ether oxygens (including phenoxy) is 1. The highest BCUT2D eigenvalue weighted by molar-refractivity contribution is 5.96. The van der Waals surface area contributed by atoms with Gasteiger partial charge < -0.3 is 15.8 Å². The molecule has 1 aliphatic rings. The van der Waals surface area contributed by atoms with Gasteiger partial charge in [0.2, 0.25) is 5.91 Å². The Labute approximate surface area is 74.9 Å². The summed E-state index contributed by atoms with van der Waals surface area (Å²) >= 11 is 0. The maximum absolute atomic E-state index is 11.2. The average molecular weight is 179 g/mol. The van der Waals surface area contributed by atoms with Crippen molar-refractivity contribution in [1.82, 2.24) is 4.98 Å². The van der Waals surface area contributed by atoms with Crippen molar-refractivity contribution < 1.29 is 9.53 Å². The second-order valence-corrected chi connectivity index (χ2v) is 2.78. The van der Waals surface area contributed by atoms with E-state index in [1.807, 2.05) is 0 Å². The molecular formula is C8H9N3O2.